The molecule has 4 aliphatic carbocycles. The van der Waals surface area contributed by atoms with Crippen LogP contribution in [-0.4, -0.2) is 31.2 Å². The minimum Gasteiger partial charge on any atom is -0.393 e. The van der Waals surface area contributed by atoms with Crippen molar-refractivity contribution in [3.8, 4) is 0 Å². The Balaban J connectivity index is 1.56. The Morgan fingerprint density at radius 1 is 0.862 bits per heavy atom. The second kappa shape index (κ2) is 6.45. The highest BCUT2D eigenvalue weighted by Gasteiger charge is 2.70. The highest BCUT2D eigenvalue weighted by Crippen LogP contribution is 2.74. The predicted molar refractivity (Wildman–Crippen MR) is 115 cm³/mol. The van der Waals surface area contributed by atoms with Gasteiger partial charge >= 0.3 is 0 Å². The van der Waals surface area contributed by atoms with Crippen LogP contribution in [0.4, 0.5) is 0 Å². The summed E-state index contributed by atoms with van der Waals surface area (Å²) in [6.07, 6.45) is 9.89. The molecule has 1 N–H and O–H groups in total. The van der Waals surface area contributed by atoms with Gasteiger partial charge in [0.1, 0.15) is 0 Å². The minimum atomic E-state index is -0.238. The van der Waals surface area contributed by atoms with E-state index < -0.39 is 0 Å². The van der Waals surface area contributed by atoms with Gasteiger partial charge in [0, 0.05) is 18.4 Å². The smallest absolute Gasteiger partial charge is 0.160 e. The molecule has 3 heteroatoms. The normalized spacial score (nSPS) is 58.7. The molecule has 5 fully saturated rings. The summed E-state index contributed by atoms with van der Waals surface area (Å²) in [4.78, 5) is 0. The van der Waals surface area contributed by atoms with Crippen LogP contribution in [0.1, 0.15) is 86.0 Å². The van der Waals surface area contributed by atoms with Gasteiger partial charge in [-0.2, -0.15) is 0 Å². The first-order valence-corrected chi connectivity index (χ1v) is 12.4. The van der Waals surface area contributed by atoms with Crippen LogP contribution in [-0.2, 0) is 9.47 Å². The third kappa shape index (κ3) is 2.53. The van der Waals surface area contributed by atoms with Gasteiger partial charge in [0.15, 0.2) is 6.29 Å². The van der Waals surface area contributed by atoms with Crippen LogP contribution >= 0.6 is 0 Å². The fraction of sp³-hybridized carbons (Fsp3) is 1.00. The number of methoxy groups -OCH3 is 1. The Labute approximate surface area is 178 Å². The number of ether oxygens (including phenoxy) is 2. The van der Waals surface area contributed by atoms with Gasteiger partial charge in [0.25, 0.3) is 0 Å². The van der Waals surface area contributed by atoms with Crippen molar-refractivity contribution in [2.45, 2.75) is 98.4 Å². The lowest BCUT2D eigenvalue weighted by Gasteiger charge is -2.71. The minimum absolute atomic E-state index is 0.0846. The summed E-state index contributed by atoms with van der Waals surface area (Å²) in [5.41, 5.74) is 1.07. The zero-order chi connectivity index (χ0) is 20.8. The van der Waals surface area contributed by atoms with Crippen LogP contribution in [0.2, 0.25) is 0 Å². The van der Waals surface area contributed by atoms with Crippen molar-refractivity contribution >= 4 is 0 Å². The molecule has 1 aliphatic heterocycles. The zero-order valence-corrected chi connectivity index (χ0v) is 19.7. The van der Waals surface area contributed by atoms with E-state index in [9.17, 15) is 5.11 Å². The average Bonchev–Trinajstić information content (AvgIpc) is 3.08. The highest BCUT2D eigenvalue weighted by molar-refractivity contribution is 5.17. The van der Waals surface area contributed by atoms with Gasteiger partial charge < -0.3 is 14.6 Å². The molecule has 0 bridgehead atoms. The lowest BCUT2D eigenvalue weighted by molar-refractivity contribution is -0.264. The molecular formula is C26H44O3. The molecule has 0 amide bonds. The van der Waals surface area contributed by atoms with Crippen molar-refractivity contribution in [3.63, 3.8) is 0 Å². The lowest BCUT2D eigenvalue weighted by Crippen LogP contribution is -2.67. The maximum atomic E-state index is 11.8. The van der Waals surface area contributed by atoms with E-state index in [2.05, 4.69) is 34.6 Å². The Morgan fingerprint density at radius 2 is 1.59 bits per heavy atom. The topological polar surface area (TPSA) is 38.7 Å². The Kier molecular flexibility index (Phi) is 4.62. The van der Waals surface area contributed by atoms with E-state index in [-0.39, 0.29) is 17.8 Å². The molecule has 0 radical (unpaired) electrons. The molecule has 1 heterocycles. The summed E-state index contributed by atoms with van der Waals surface area (Å²) >= 11 is 0. The summed E-state index contributed by atoms with van der Waals surface area (Å²) in [6, 6.07) is 0. The SMILES string of the molecule is CO[C@@H]1OCC2CC[C@H]3[C@]4(C)CC[C@H]5C(C)(C)CCC[C@]5(C)[C@H]4C[C@@H](O)[C@]3(C)[C@H]21. The molecule has 1 unspecified atom stereocenters. The molecule has 10 atom stereocenters. The number of hydrogen-bond acceptors (Lipinski definition) is 3. The molecular weight excluding hydrogens is 360 g/mol. The first kappa shape index (κ1) is 20.8. The van der Waals surface area contributed by atoms with Crippen molar-refractivity contribution in [2.75, 3.05) is 13.7 Å². The van der Waals surface area contributed by atoms with Gasteiger partial charge in [0.05, 0.1) is 12.7 Å². The molecule has 0 spiro atoms. The molecule has 4 saturated carbocycles. The molecule has 29 heavy (non-hydrogen) atoms. The number of rotatable bonds is 1. The maximum absolute atomic E-state index is 11.8. The van der Waals surface area contributed by atoms with Crippen LogP contribution in [0, 0.1) is 51.2 Å². The quantitative estimate of drug-likeness (QED) is 0.613. The van der Waals surface area contributed by atoms with Gasteiger partial charge in [-0.05, 0) is 84.9 Å². The van der Waals surface area contributed by atoms with Crippen molar-refractivity contribution in [2.24, 2.45) is 51.2 Å². The Morgan fingerprint density at radius 3 is 2.31 bits per heavy atom. The van der Waals surface area contributed by atoms with Crippen LogP contribution in [0.3, 0.4) is 0 Å². The third-order valence-corrected chi connectivity index (χ3v) is 11.6. The molecule has 0 aromatic rings. The number of aliphatic hydroxyl groups is 1. The zero-order valence-electron chi connectivity index (χ0n) is 19.7. The van der Waals surface area contributed by atoms with E-state index in [1.54, 1.807) is 7.11 Å². The van der Waals surface area contributed by atoms with E-state index in [1.165, 1.54) is 44.9 Å². The van der Waals surface area contributed by atoms with E-state index >= 15 is 0 Å². The monoisotopic (exact) mass is 404 g/mol. The van der Waals surface area contributed by atoms with Crippen molar-refractivity contribution in [1.29, 1.82) is 0 Å². The lowest BCUT2D eigenvalue weighted by atomic mass is 9.34. The van der Waals surface area contributed by atoms with E-state index in [0.29, 0.717) is 39.9 Å². The van der Waals surface area contributed by atoms with Crippen molar-refractivity contribution < 1.29 is 14.6 Å². The Bertz CT molecular complexity index is 654. The van der Waals surface area contributed by atoms with E-state index in [4.69, 9.17) is 9.47 Å². The summed E-state index contributed by atoms with van der Waals surface area (Å²) < 4.78 is 11.9. The largest absolute Gasteiger partial charge is 0.393 e. The number of aliphatic hydroxyl groups excluding tert-OH is 1. The van der Waals surface area contributed by atoms with Crippen LogP contribution in [0.25, 0.3) is 0 Å². The summed E-state index contributed by atoms with van der Waals surface area (Å²) in [7, 11) is 1.79. The van der Waals surface area contributed by atoms with Gasteiger partial charge in [-0.1, -0.05) is 41.0 Å². The summed E-state index contributed by atoms with van der Waals surface area (Å²) in [6.45, 7) is 13.5. The van der Waals surface area contributed by atoms with Crippen LogP contribution < -0.4 is 0 Å². The Hall–Kier alpha value is -0.120. The first-order chi connectivity index (χ1) is 13.6. The number of hydrogen-bond donors (Lipinski definition) is 1. The molecule has 166 valence electrons. The highest BCUT2D eigenvalue weighted by atomic mass is 16.7. The summed E-state index contributed by atoms with van der Waals surface area (Å²) in [5, 5.41) is 11.8. The van der Waals surface area contributed by atoms with Gasteiger partial charge in [0.2, 0.25) is 0 Å². The maximum Gasteiger partial charge on any atom is 0.160 e. The molecule has 1 saturated heterocycles. The van der Waals surface area contributed by atoms with Gasteiger partial charge in [-0.25, -0.2) is 0 Å². The van der Waals surface area contributed by atoms with Crippen LogP contribution in [0.15, 0.2) is 0 Å². The molecule has 5 rings (SSSR count). The standard InChI is InChI=1S/C26H44O3/c1-23(2)11-7-12-24(3)17(23)10-13-25(4)18-9-8-16-15-29-22(28-6)21(16)26(18,5)20(27)14-19(24)25/h16-22,27H,7-15H2,1-6H3/t16?,17-,18-,19+,20+,21+,22+,24-,25-,26+/m0/s1. The molecule has 0 aromatic carbocycles. The summed E-state index contributed by atoms with van der Waals surface area (Å²) in [5.74, 6) is 2.91. The fourth-order valence-electron chi connectivity index (χ4n) is 10.5. The van der Waals surface area contributed by atoms with Gasteiger partial charge in [-0.15, -0.1) is 0 Å². The van der Waals surface area contributed by atoms with Gasteiger partial charge in [-0.3, -0.25) is 0 Å². The molecule has 0 aromatic heterocycles. The van der Waals surface area contributed by atoms with Crippen molar-refractivity contribution in [1.82, 2.24) is 0 Å². The molecule has 5 aliphatic rings. The second-order valence-electron chi connectivity index (χ2n) is 13.0. The van der Waals surface area contributed by atoms with Crippen LogP contribution in [0.5, 0.6) is 0 Å². The fourth-order valence-corrected chi connectivity index (χ4v) is 10.5. The predicted octanol–water partition coefficient (Wildman–Crippen LogP) is 5.65. The average molecular weight is 405 g/mol. The third-order valence-electron chi connectivity index (χ3n) is 11.6. The van der Waals surface area contributed by atoms with E-state index in [1.807, 2.05) is 0 Å². The number of fused-ring (bicyclic) bond motifs is 7. The molecule has 3 nitrogen and oxygen atoms in total. The van der Waals surface area contributed by atoms with Crippen molar-refractivity contribution in [3.05, 3.63) is 0 Å². The first-order valence-electron chi connectivity index (χ1n) is 12.4. The van der Waals surface area contributed by atoms with E-state index in [0.717, 1.165) is 18.9 Å². The second-order valence-corrected chi connectivity index (χ2v) is 13.0.